The van der Waals surface area contributed by atoms with Gasteiger partial charge in [-0.2, -0.15) is 0 Å². The summed E-state index contributed by atoms with van der Waals surface area (Å²) in [5.74, 6) is 1.67. The maximum Gasteiger partial charge on any atom is 0.231 e. The van der Waals surface area contributed by atoms with E-state index in [1.807, 2.05) is 35.5 Å². The summed E-state index contributed by atoms with van der Waals surface area (Å²) in [5, 5.41) is 6.13. The first kappa shape index (κ1) is 21.8. The molecule has 2 aliphatic heterocycles. The van der Waals surface area contributed by atoms with Crippen molar-refractivity contribution in [3.8, 4) is 22.1 Å². The van der Waals surface area contributed by atoms with Crippen molar-refractivity contribution in [3.63, 3.8) is 0 Å². The maximum atomic E-state index is 12.6. The minimum Gasteiger partial charge on any atom is -0.454 e. The third-order valence-electron chi connectivity index (χ3n) is 4.69. The number of rotatable bonds is 4. The van der Waals surface area contributed by atoms with E-state index in [1.165, 1.54) is 0 Å². The summed E-state index contributed by atoms with van der Waals surface area (Å²) in [5.41, 5.74) is 1.82. The Labute approximate surface area is 175 Å². The number of likely N-dealkylation sites (N-methyl/N-ethyl adjacent to an activating group) is 1. The fraction of sp³-hybridized carbons (Fsp3) is 0.444. The zero-order chi connectivity index (χ0) is 17.2. The smallest absolute Gasteiger partial charge is 0.231 e. The zero-order valence-electron chi connectivity index (χ0n) is 15.0. The Morgan fingerprint density at radius 2 is 2.15 bits per heavy atom. The zero-order valence-corrected chi connectivity index (χ0v) is 17.4. The van der Waals surface area contributed by atoms with Gasteiger partial charge in [0.05, 0.1) is 12.1 Å². The number of amides is 1. The van der Waals surface area contributed by atoms with E-state index in [1.54, 1.807) is 11.3 Å². The molecule has 2 aliphatic rings. The Morgan fingerprint density at radius 3 is 2.96 bits per heavy atom. The van der Waals surface area contributed by atoms with E-state index in [-0.39, 0.29) is 37.5 Å². The fourth-order valence-electron chi connectivity index (χ4n) is 3.26. The predicted octanol–water partition coefficient (Wildman–Crippen LogP) is 3.14. The molecule has 27 heavy (non-hydrogen) atoms. The van der Waals surface area contributed by atoms with Crippen LogP contribution in [0.2, 0.25) is 0 Å². The van der Waals surface area contributed by atoms with Crippen LogP contribution in [0.4, 0.5) is 0 Å². The predicted molar refractivity (Wildman–Crippen MR) is 111 cm³/mol. The molecule has 0 radical (unpaired) electrons. The van der Waals surface area contributed by atoms with Crippen molar-refractivity contribution in [1.29, 1.82) is 0 Å². The van der Waals surface area contributed by atoms with Gasteiger partial charge in [-0.3, -0.25) is 4.79 Å². The van der Waals surface area contributed by atoms with Crippen LogP contribution in [0, 0.1) is 0 Å². The molecule has 1 saturated heterocycles. The number of hydrogen-bond donors (Lipinski definition) is 1. The number of carbonyl (C=O) groups is 1. The molecular weight excluding hydrogens is 409 g/mol. The second kappa shape index (κ2) is 9.59. The van der Waals surface area contributed by atoms with E-state index in [0.29, 0.717) is 12.5 Å². The molecule has 1 atom stereocenters. The number of piperidine rings is 1. The van der Waals surface area contributed by atoms with Crippen LogP contribution in [0.5, 0.6) is 11.5 Å². The van der Waals surface area contributed by atoms with Gasteiger partial charge in [-0.1, -0.05) is 0 Å². The number of nitrogens with one attached hydrogen (secondary N) is 1. The summed E-state index contributed by atoms with van der Waals surface area (Å²) in [6.07, 6.45) is 2.54. The lowest BCUT2D eigenvalue weighted by Gasteiger charge is -2.32. The highest BCUT2D eigenvalue weighted by atomic mass is 35.5. The number of likely N-dealkylation sites (tertiary alicyclic amines) is 1. The second-order valence-electron chi connectivity index (χ2n) is 6.36. The third kappa shape index (κ3) is 4.85. The Hall–Kier alpha value is -1.54. The Bertz CT molecular complexity index is 787. The average Bonchev–Trinajstić information content (AvgIpc) is 3.30. The molecule has 1 aromatic heterocycles. The Balaban J connectivity index is 0.00000131. The SMILES string of the molecule is CNC1CCCN(C(=O)Cc2csc(-c3ccc4c(c3)OCO4)n2)C1.Cl.Cl. The molecule has 4 rings (SSSR count). The summed E-state index contributed by atoms with van der Waals surface area (Å²) in [4.78, 5) is 19.1. The molecule has 1 aromatic carbocycles. The van der Waals surface area contributed by atoms with E-state index in [2.05, 4.69) is 10.3 Å². The van der Waals surface area contributed by atoms with Crippen LogP contribution in [0.25, 0.3) is 10.6 Å². The van der Waals surface area contributed by atoms with Crippen molar-refractivity contribution in [2.75, 3.05) is 26.9 Å². The van der Waals surface area contributed by atoms with Crippen molar-refractivity contribution >= 4 is 42.1 Å². The van der Waals surface area contributed by atoms with Crippen LogP contribution in [-0.4, -0.2) is 48.8 Å². The van der Waals surface area contributed by atoms with Crippen LogP contribution in [0.15, 0.2) is 23.6 Å². The fourth-order valence-corrected chi connectivity index (χ4v) is 4.07. The summed E-state index contributed by atoms with van der Waals surface area (Å²) >= 11 is 1.55. The number of nitrogens with zero attached hydrogens (tertiary/aromatic N) is 2. The summed E-state index contributed by atoms with van der Waals surface area (Å²) in [6.45, 7) is 1.89. The number of carbonyl (C=O) groups excluding carboxylic acids is 1. The number of benzene rings is 1. The molecule has 9 heteroatoms. The average molecular weight is 432 g/mol. The van der Waals surface area contributed by atoms with Crippen LogP contribution in [-0.2, 0) is 11.2 Å². The first-order valence-electron chi connectivity index (χ1n) is 8.52. The normalized spacial score (nSPS) is 17.8. The van der Waals surface area contributed by atoms with Gasteiger partial charge in [0.15, 0.2) is 11.5 Å². The number of thiazole rings is 1. The van der Waals surface area contributed by atoms with Gasteiger partial charge in [0.25, 0.3) is 0 Å². The lowest BCUT2D eigenvalue weighted by molar-refractivity contribution is -0.131. The van der Waals surface area contributed by atoms with Gasteiger partial charge in [-0.15, -0.1) is 36.2 Å². The minimum atomic E-state index is 0. The molecule has 0 saturated carbocycles. The van der Waals surface area contributed by atoms with Crippen LogP contribution >= 0.6 is 36.2 Å². The van der Waals surface area contributed by atoms with Gasteiger partial charge in [0, 0.05) is 30.1 Å². The van der Waals surface area contributed by atoms with Crippen LogP contribution < -0.4 is 14.8 Å². The molecule has 1 amide bonds. The van der Waals surface area contributed by atoms with E-state index in [0.717, 1.165) is 53.7 Å². The lowest BCUT2D eigenvalue weighted by Crippen LogP contribution is -2.47. The third-order valence-corrected chi connectivity index (χ3v) is 5.63. The van der Waals surface area contributed by atoms with Crippen molar-refractivity contribution in [2.24, 2.45) is 0 Å². The molecule has 0 aliphatic carbocycles. The molecule has 2 aromatic rings. The van der Waals surface area contributed by atoms with Crippen molar-refractivity contribution < 1.29 is 14.3 Å². The number of halogens is 2. The van der Waals surface area contributed by atoms with Gasteiger partial charge in [-0.05, 0) is 38.1 Å². The quantitative estimate of drug-likeness (QED) is 0.805. The van der Waals surface area contributed by atoms with E-state index >= 15 is 0 Å². The molecule has 3 heterocycles. The van der Waals surface area contributed by atoms with Gasteiger partial charge in [0.2, 0.25) is 12.7 Å². The van der Waals surface area contributed by atoms with Gasteiger partial charge < -0.3 is 19.7 Å². The minimum absolute atomic E-state index is 0. The molecule has 1 N–H and O–H groups in total. The highest BCUT2D eigenvalue weighted by molar-refractivity contribution is 7.13. The van der Waals surface area contributed by atoms with E-state index in [4.69, 9.17) is 9.47 Å². The van der Waals surface area contributed by atoms with Crippen molar-refractivity contribution in [1.82, 2.24) is 15.2 Å². The largest absolute Gasteiger partial charge is 0.454 e. The number of aromatic nitrogens is 1. The maximum absolute atomic E-state index is 12.6. The monoisotopic (exact) mass is 431 g/mol. The van der Waals surface area contributed by atoms with Crippen LogP contribution in [0.1, 0.15) is 18.5 Å². The standard InChI is InChI=1S/C18H21N3O3S.2ClH/c1-19-13-3-2-6-21(9-13)17(22)8-14-10-25-18(20-14)12-4-5-15-16(7-12)24-11-23-15;;/h4-5,7,10,13,19H,2-3,6,8-9,11H2,1H3;2*1H. The van der Waals surface area contributed by atoms with Gasteiger partial charge >= 0.3 is 0 Å². The first-order chi connectivity index (χ1) is 12.2. The van der Waals surface area contributed by atoms with E-state index in [9.17, 15) is 4.79 Å². The van der Waals surface area contributed by atoms with Crippen molar-refractivity contribution in [3.05, 3.63) is 29.3 Å². The summed E-state index contributed by atoms with van der Waals surface area (Å²) < 4.78 is 10.8. The van der Waals surface area contributed by atoms with Gasteiger partial charge in [-0.25, -0.2) is 4.98 Å². The highest BCUT2D eigenvalue weighted by Crippen LogP contribution is 2.36. The molecule has 1 unspecified atom stereocenters. The summed E-state index contributed by atoms with van der Waals surface area (Å²) in [6, 6.07) is 6.21. The number of hydrogen-bond acceptors (Lipinski definition) is 6. The van der Waals surface area contributed by atoms with E-state index < -0.39 is 0 Å². The first-order valence-corrected chi connectivity index (χ1v) is 9.40. The Kier molecular flexibility index (Phi) is 7.73. The number of ether oxygens (including phenoxy) is 2. The molecule has 148 valence electrons. The van der Waals surface area contributed by atoms with Gasteiger partial charge in [0.1, 0.15) is 5.01 Å². The molecule has 0 bridgehead atoms. The lowest BCUT2D eigenvalue weighted by atomic mass is 10.1. The molecule has 1 fully saturated rings. The summed E-state index contributed by atoms with van der Waals surface area (Å²) in [7, 11) is 1.96. The molecule has 6 nitrogen and oxygen atoms in total. The van der Waals surface area contributed by atoms with Crippen molar-refractivity contribution in [2.45, 2.75) is 25.3 Å². The molecular formula is C18H23Cl2N3O3S. The topological polar surface area (TPSA) is 63.7 Å². The second-order valence-corrected chi connectivity index (χ2v) is 7.21. The molecule has 0 spiro atoms. The number of fused-ring (bicyclic) bond motifs is 1. The highest BCUT2D eigenvalue weighted by Gasteiger charge is 2.23. The Morgan fingerprint density at radius 1 is 1.33 bits per heavy atom. The van der Waals surface area contributed by atoms with Crippen LogP contribution in [0.3, 0.4) is 0 Å².